The van der Waals surface area contributed by atoms with Gasteiger partial charge in [-0.15, -0.1) is 0 Å². The Labute approximate surface area is 177 Å². The van der Waals surface area contributed by atoms with Crippen LogP contribution in [0.4, 0.5) is 5.69 Å². The molecule has 0 saturated carbocycles. The van der Waals surface area contributed by atoms with E-state index in [4.69, 9.17) is 30.6 Å². The molecule has 1 aliphatic rings. The minimum absolute atomic E-state index is 0.0169. The molecule has 4 rings (SSSR count). The Morgan fingerprint density at radius 2 is 2.10 bits per heavy atom. The summed E-state index contributed by atoms with van der Waals surface area (Å²) in [4.78, 5) is 16.2. The van der Waals surface area contributed by atoms with Crippen molar-refractivity contribution in [3.63, 3.8) is 0 Å². The highest BCUT2D eigenvalue weighted by Gasteiger charge is 2.25. The molecule has 0 aliphatic carbocycles. The molecular formula is C21H19ClN2O6. The second kappa shape index (κ2) is 8.74. The van der Waals surface area contributed by atoms with Crippen LogP contribution in [0.5, 0.6) is 11.5 Å². The van der Waals surface area contributed by atoms with Gasteiger partial charge in [0.1, 0.15) is 24.7 Å². The van der Waals surface area contributed by atoms with Crippen LogP contribution in [0.1, 0.15) is 28.0 Å². The van der Waals surface area contributed by atoms with Gasteiger partial charge in [0.15, 0.2) is 17.3 Å². The molecule has 2 atom stereocenters. The number of fused-ring (bicyclic) bond motifs is 2. The van der Waals surface area contributed by atoms with Crippen molar-refractivity contribution < 1.29 is 28.9 Å². The molecule has 156 valence electrons. The van der Waals surface area contributed by atoms with Crippen molar-refractivity contribution in [2.45, 2.75) is 18.6 Å². The molecule has 30 heavy (non-hydrogen) atoms. The van der Waals surface area contributed by atoms with Gasteiger partial charge >= 0.3 is 5.97 Å². The number of aromatic nitrogens is 1. The highest BCUT2D eigenvalue weighted by Crippen LogP contribution is 2.41. The summed E-state index contributed by atoms with van der Waals surface area (Å²) in [5.41, 5.74) is 1.61. The summed E-state index contributed by atoms with van der Waals surface area (Å²) >= 11 is 6.14. The minimum Gasteiger partial charge on any atom is -0.458 e. The monoisotopic (exact) mass is 430 g/mol. The number of ether oxygens (including phenoxy) is 2. The lowest BCUT2D eigenvalue weighted by molar-refractivity contribution is 0.00888. The van der Waals surface area contributed by atoms with Crippen molar-refractivity contribution in [2.75, 3.05) is 18.5 Å². The standard InChI is InChI=1S/C21H19ClN2O6/c22-12-5-6-19-16(7-12)23-15(14-3-1-2-4-18(14)30-19)8-20-24-17(11-28-20)21(27)29-10-13(26)9-25/h1-7,11,13,15,23,25-26H,8-10H2. The molecule has 2 unspecified atom stereocenters. The molecule has 0 spiro atoms. The highest BCUT2D eigenvalue weighted by atomic mass is 35.5. The lowest BCUT2D eigenvalue weighted by atomic mass is 10.0. The largest absolute Gasteiger partial charge is 0.458 e. The van der Waals surface area contributed by atoms with Crippen molar-refractivity contribution in [2.24, 2.45) is 0 Å². The van der Waals surface area contributed by atoms with Crippen LogP contribution in [0.15, 0.2) is 53.1 Å². The summed E-state index contributed by atoms with van der Waals surface area (Å²) in [6, 6.07) is 12.7. The summed E-state index contributed by atoms with van der Waals surface area (Å²) in [7, 11) is 0. The summed E-state index contributed by atoms with van der Waals surface area (Å²) in [5.74, 6) is 0.920. The van der Waals surface area contributed by atoms with E-state index in [-0.39, 0.29) is 18.3 Å². The maximum atomic E-state index is 12.0. The fourth-order valence-electron chi connectivity index (χ4n) is 3.08. The van der Waals surface area contributed by atoms with E-state index in [9.17, 15) is 9.90 Å². The number of benzene rings is 2. The van der Waals surface area contributed by atoms with E-state index < -0.39 is 18.7 Å². The van der Waals surface area contributed by atoms with Crippen molar-refractivity contribution in [1.82, 2.24) is 4.98 Å². The third kappa shape index (κ3) is 4.40. The minimum atomic E-state index is -1.14. The zero-order chi connectivity index (χ0) is 21.1. The molecule has 0 amide bonds. The van der Waals surface area contributed by atoms with Crippen molar-refractivity contribution in [3.05, 3.63) is 70.9 Å². The number of anilines is 1. The van der Waals surface area contributed by atoms with E-state index >= 15 is 0 Å². The molecule has 0 fully saturated rings. The first-order valence-electron chi connectivity index (χ1n) is 9.27. The molecule has 9 heteroatoms. The third-order valence-electron chi connectivity index (χ3n) is 4.54. The zero-order valence-electron chi connectivity index (χ0n) is 15.7. The first-order chi connectivity index (χ1) is 14.5. The molecule has 3 N–H and O–H groups in total. The molecule has 0 radical (unpaired) electrons. The van der Waals surface area contributed by atoms with E-state index in [1.54, 1.807) is 18.2 Å². The van der Waals surface area contributed by atoms with Gasteiger partial charge in [0, 0.05) is 17.0 Å². The van der Waals surface area contributed by atoms with Crippen LogP contribution < -0.4 is 10.1 Å². The second-order valence-electron chi connectivity index (χ2n) is 6.74. The smallest absolute Gasteiger partial charge is 0.360 e. The first kappa shape index (κ1) is 20.2. The zero-order valence-corrected chi connectivity index (χ0v) is 16.5. The van der Waals surface area contributed by atoms with Gasteiger partial charge in [0.05, 0.1) is 18.3 Å². The van der Waals surface area contributed by atoms with Crippen LogP contribution >= 0.6 is 11.6 Å². The molecule has 1 aliphatic heterocycles. The van der Waals surface area contributed by atoms with E-state index in [0.29, 0.717) is 28.8 Å². The number of esters is 1. The number of carbonyl (C=O) groups excluding carboxylic acids is 1. The summed E-state index contributed by atoms with van der Waals surface area (Å²) < 4.78 is 16.4. The lowest BCUT2D eigenvalue weighted by Crippen LogP contribution is -2.22. The molecule has 8 nitrogen and oxygen atoms in total. The Morgan fingerprint density at radius 1 is 1.27 bits per heavy atom. The van der Waals surface area contributed by atoms with Crippen LogP contribution in [0.2, 0.25) is 5.02 Å². The first-order valence-corrected chi connectivity index (χ1v) is 9.64. The number of aliphatic hydroxyl groups excluding tert-OH is 2. The Morgan fingerprint density at radius 3 is 2.93 bits per heavy atom. The Bertz CT molecular complexity index is 1050. The molecule has 2 heterocycles. The number of nitrogens with one attached hydrogen (secondary N) is 1. The Hall–Kier alpha value is -3.07. The van der Waals surface area contributed by atoms with Gasteiger partial charge in [-0.3, -0.25) is 0 Å². The van der Waals surface area contributed by atoms with Gasteiger partial charge in [0.2, 0.25) is 0 Å². The fraction of sp³-hybridized carbons (Fsp3) is 0.238. The van der Waals surface area contributed by atoms with Gasteiger partial charge < -0.3 is 29.4 Å². The van der Waals surface area contributed by atoms with Gasteiger partial charge in [-0.2, -0.15) is 0 Å². The number of nitrogens with zero attached hydrogens (tertiary/aromatic N) is 1. The van der Waals surface area contributed by atoms with Crippen LogP contribution in [0, 0.1) is 0 Å². The van der Waals surface area contributed by atoms with E-state index in [1.165, 1.54) is 6.26 Å². The average molecular weight is 431 g/mol. The van der Waals surface area contributed by atoms with Gasteiger partial charge in [-0.25, -0.2) is 9.78 Å². The van der Waals surface area contributed by atoms with E-state index in [1.807, 2.05) is 24.3 Å². The second-order valence-corrected chi connectivity index (χ2v) is 7.18. The number of rotatable bonds is 6. The van der Waals surface area contributed by atoms with Crippen molar-refractivity contribution >= 4 is 23.3 Å². The van der Waals surface area contributed by atoms with Crippen LogP contribution in [0.25, 0.3) is 0 Å². The third-order valence-corrected chi connectivity index (χ3v) is 4.78. The molecule has 1 aromatic heterocycles. The predicted octanol–water partition coefficient (Wildman–Crippen LogP) is 3.34. The number of halogens is 1. The number of oxazole rings is 1. The normalized spacial score (nSPS) is 15.8. The van der Waals surface area contributed by atoms with Gasteiger partial charge in [-0.05, 0) is 24.3 Å². The van der Waals surface area contributed by atoms with Gasteiger partial charge in [-0.1, -0.05) is 29.8 Å². The van der Waals surface area contributed by atoms with Crippen LogP contribution in [0.3, 0.4) is 0 Å². The van der Waals surface area contributed by atoms with Crippen LogP contribution in [-0.4, -0.2) is 40.5 Å². The van der Waals surface area contributed by atoms with E-state index in [0.717, 1.165) is 11.3 Å². The van der Waals surface area contributed by atoms with E-state index in [2.05, 4.69) is 10.3 Å². The maximum Gasteiger partial charge on any atom is 0.360 e. The number of hydrogen-bond acceptors (Lipinski definition) is 8. The Balaban J connectivity index is 1.55. The topological polar surface area (TPSA) is 114 Å². The predicted molar refractivity (Wildman–Crippen MR) is 108 cm³/mol. The molecule has 0 bridgehead atoms. The number of para-hydroxylation sites is 1. The maximum absolute atomic E-state index is 12.0. The molecule has 2 aromatic carbocycles. The quantitative estimate of drug-likeness (QED) is 0.510. The molecular weight excluding hydrogens is 412 g/mol. The lowest BCUT2D eigenvalue weighted by Gasteiger charge is -2.17. The summed E-state index contributed by atoms with van der Waals surface area (Å²) in [6.45, 7) is -0.832. The van der Waals surface area contributed by atoms with Crippen molar-refractivity contribution in [1.29, 1.82) is 0 Å². The SMILES string of the molecule is O=C(OCC(O)CO)c1coc(CC2Nc3cc(Cl)ccc3Oc3ccccc32)n1. The highest BCUT2D eigenvalue weighted by molar-refractivity contribution is 6.30. The van der Waals surface area contributed by atoms with Crippen molar-refractivity contribution in [3.8, 4) is 11.5 Å². The number of aliphatic hydroxyl groups is 2. The molecule has 3 aromatic rings. The average Bonchev–Trinajstić information content (AvgIpc) is 3.16. The van der Waals surface area contributed by atoms with Crippen LogP contribution in [-0.2, 0) is 11.2 Å². The fourth-order valence-corrected chi connectivity index (χ4v) is 3.25. The molecule has 0 saturated heterocycles. The number of carbonyl (C=O) groups is 1. The number of hydrogen-bond donors (Lipinski definition) is 3. The Kier molecular flexibility index (Phi) is 5.89. The van der Waals surface area contributed by atoms with Gasteiger partial charge in [0.25, 0.3) is 0 Å². The summed E-state index contributed by atoms with van der Waals surface area (Å²) in [6.07, 6.45) is 0.394. The summed E-state index contributed by atoms with van der Waals surface area (Å²) in [5, 5.41) is 22.1.